The predicted molar refractivity (Wildman–Crippen MR) is 88.2 cm³/mol. The Hall–Kier alpha value is -2.57. The van der Waals surface area contributed by atoms with Crippen LogP contribution < -0.4 is 21.7 Å². The van der Waals surface area contributed by atoms with E-state index in [1.807, 2.05) is 0 Å². The van der Waals surface area contributed by atoms with Crippen LogP contribution in [-0.2, 0) is 4.79 Å². The molecule has 2 aromatic carbocycles. The van der Waals surface area contributed by atoms with Crippen molar-refractivity contribution in [1.82, 2.24) is 0 Å². The van der Waals surface area contributed by atoms with Crippen LogP contribution >= 0.6 is 11.6 Å². The van der Waals surface area contributed by atoms with Crippen LogP contribution in [0.2, 0.25) is 5.02 Å². The second-order valence-corrected chi connectivity index (χ2v) is 4.82. The first-order valence-electron chi connectivity index (χ1n) is 6.51. The molecule has 0 saturated heterocycles. The molecule has 5 N–H and O–H groups in total. The number of anilines is 3. The second-order valence-electron chi connectivity index (χ2n) is 4.39. The molecular formula is C15H15ClN4O2. The Kier molecular flexibility index (Phi) is 5.35. The van der Waals surface area contributed by atoms with Gasteiger partial charge in [0.1, 0.15) is 0 Å². The largest absolute Gasteiger partial charge is 0.323 e. The Morgan fingerprint density at radius 1 is 0.955 bits per heavy atom. The minimum absolute atomic E-state index is 0.136. The van der Waals surface area contributed by atoms with Crippen molar-refractivity contribution < 1.29 is 9.59 Å². The number of urea groups is 1. The summed E-state index contributed by atoms with van der Waals surface area (Å²) in [4.78, 5) is 23.4. The summed E-state index contributed by atoms with van der Waals surface area (Å²) in [7, 11) is 0. The first kappa shape index (κ1) is 15.8. The van der Waals surface area contributed by atoms with Gasteiger partial charge in [0.2, 0.25) is 5.91 Å². The summed E-state index contributed by atoms with van der Waals surface area (Å²) in [6.07, 6.45) is 0. The minimum Gasteiger partial charge on any atom is -0.323 e. The molecule has 22 heavy (non-hydrogen) atoms. The summed E-state index contributed by atoms with van der Waals surface area (Å²) in [5.74, 6) is -0.343. The van der Waals surface area contributed by atoms with Gasteiger partial charge in [0, 0.05) is 10.7 Å². The van der Waals surface area contributed by atoms with Crippen LogP contribution in [0.1, 0.15) is 0 Å². The van der Waals surface area contributed by atoms with Crippen LogP contribution in [0.5, 0.6) is 0 Å². The third kappa shape index (κ3) is 4.47. The zero-order chi connectivity index (χ0) is 15.9. The average molecular weight is 319 g/mol. The number of carbonyl (C=O) groups is 2. The van der Waals surface area contributed by atoms with Gasteiger partial charge in [-0.3, -0.25) is 4.79 Å². The fraction of sp³-hybridized carbons (Fsp3) is 0.0667. The molecule has 0 heterocycles. The summed E-state index contributed by atoms with van der Waals surface area (Å²) < 4.78 is 0. The van der Waals surface area contributed by atoms with Gasteiger partial charge in [0.05, 0.1) is 17.9 Å². The fourth-order valence-electron chi connectivity index (χ4n) is 1.75. The van der Waals surface area contributed by atoms with Gasteiger partial charge >= 0.3 is 6.03 Å². The molecule has 0 aromatic heterocycles. The monoisotopic (exact) mass is 318 g/mol. The van der Waals surface area contributed by atoms with Crippen LogP contribution in [-0.4, -0.2) is 18.5 Å². The van der Waals surface area contributed by atoms with Crippen molar-refractivity contribution >= 4 is 40.6 Å². The highest BCUT2D eigenvalue weighted by Gasteiger charge is 2.08. The third-order valence-corrected chi connectivity index (χ3v) is 2.95. The maximum atomic E-state index is 12.0. The molecule has 7 heteroatoms. The molecule has 0 fully saturated rings. The summed E-state index contributed by atoms with van der Waals surface area (Å²) in [5, 5.41) is 8.45. The van der Waals surface area contributed by atoms with Crippen molar-refractivity contribution in [2.45, 2.75) is 0 Å². The van der Waals surface area contributed by atoms with Crippen molar-refractivity contribution in [1.29, 1.82) is 0 Å². The van der Waals surface area contributed by atoms with E-state index in [0.717, 1.165) is 0 Å². The first-order valence-corrected chi connectivity index (χ1v) is 6.89. The van der Waals surface area contributed by atoms with E-state index < -0.39 is 6.03 Å². The standard InChI is InChI=1S/C15H15ClN4O2/c16-10-4-3-5-11(8-10)18-15(22)20-13-7-2-1-6-12(13)19-14(21)9-17/h1-8H,9,17H2,(H,19,21)(H2,18,20,22). The second kappa shape index (κ2) is 7.44. The van der Waals surface area contributed by atoms with Crippen LogP contribution in [0.15, 0.2) is 48.5 Å². The number of hydrogen-bond donors (Lipinski definition) is 4. The lowest BCUT2D eigenvalue weighted by atomic mass is 10.2. The van der Waals surface area contributed by atoms with Gasteiger partial charge < -0.3 is 21.7 Å². The van der Waals surface area contributed by atoms with Crippen molar-refractivity contribution in [3.63, 3.8) is 0 Å². The molecule has 0 bridgehead atoms. The van der Waals surface area contributed by atoms with Crippen molar-refractivity contribution in [3.8, 4) is 0 Å². The first-order chi connectivity index (χ1) is 10.6. The Balaban J connectivity index is 2.07. The van der Waals surface area contributed by atoms with Gasteiger partial charge in [-0.05, 0) is 30.3 Å². The quantitative estimate of drug-likeness (QED) is 0.698. The number of amides is 3. The van der Waals surface area contributed by atoms with Crippen molar-refractivity contribution in [3.05, 3.63) is 53.6 Å². The number of halogens is 1. The Labute approximate surface area is 132 Å². The van der Waals surface area contributed by atoms with E-state index in [0.29, 0.717) is 22.1 Å². The van der Waals surface area contributed by atoms with E-state index in [1.165, 1.54) is 0 Å². The maximum Gasteiger partial charge on any atom is 0.323 e. The number of nitrogens with one attached hydrogen (secondary N) is 3. The Morgan fingerprint density at radius 3 is 2.27 bits per heavy atom. The maximum absolute atomic E-state index is 12.0. The zero-order valence-corrected chi connectivity index (χ0v) is 12.4. The van der Waals surface area contributed by atoms with Crippen molar-refractivity contribution in [2.24, 2.45) is 5.73 Å². The van der Waals surface area contributed by atoms with Crippen LogP contribution in [0.25, 0.3) is 0 Å². The summed E-state index contributed by atoms with van der Waals surface area (Å²) in [6.45, 7) is -0.136. The van der Waals surface area contributed by atoms with Crippen LogP contribution in [0, 0.1) is 0 Å². The highest BCUT2D eigenvalue weighted by Crippen LogP contribution is 2.21. The summed E-state index contributed by atoms with van der Waals surface area (Å²) in [6, 6.07) is 13.2. The van der Waals surface area contributed by atoms with Crippen LogP contribution in [0.4, 0.5) is 21.9 Å². The van der Waals surface area contributed by atoms with E-state index in [-0.39, 0.29) is 12.5 Å². The smallest absolute Gasteiger partial charge is 0.323 e. The number of hydrogen-bond acceptors (Lipinski definition) is 3. The number of carbonyl (C=O) groups excluding carboxylic acids is 2. The number of rotatable bonds is 4. The lowest BCUT2D eigenvalue weighted by molar-refractivity contribution is -0.114. The van der Waals surface area contributed by atoms with Gasteiger partial charge in [0.25, 0.3) is 0 Å². The lowest BCUT2D eigenvalue weighted by Crippen LogP contribution is -2.24. The molecule has 3 amide bonds. The normalized spacial score (nSPS) is 9.91. The molecule has 0 spiro atoms. The van der Waals surface area contributed by atoms with Gasteiger partial charge in [-0.2, -0.15) is 0 Å². The molecule has 6 nitrogen and oxygen atoms in total. The Bertz CT molecular complexity index is 691. The minimum atomic E-state index is -0.447. The van der Waals surface area contributed by atoms with Gasteiger partial charge in [-0.15, -0.1) is 0 Å². The highest BCUT2D eigenvalue weighted by molar-refractivity contribution is 6.30. The number of nitrogens with two attached hydrogens (primary N) is 1. The van der Waals surface area contributed by atoms with E-state index in [9.17, 15) is 9.59 Å². The number of para-hydroxylation sites is 2. The van der Waals surface area contributed by atoms with Gasteiger partial charge in [-0.1, -0.05) is 29.8 Å². The van der Waals surface area contributed by atoms with E-state index in [2.05, 4.69) is 16.0 Å². The average Bonchev–Trinajstić information content (AvgIpc) is 2.49. The van der Waals surface area contributed by atoms with E-state index in [1.54, 1.807) is 48.5 Å². The molecule has 0 atom stereocenters. The topological polar surface area (TPSA) is 96.2 Å². The highest BCUT2D eigenvalue weighted by atomic mass is 35.5. The summed E-state index contributed by atoms with van der Waals surface area (Å²) in [5.41, 5.74) is 6.76. The lowest BCUT2D eigenvalue weighted by Gasteiger charge is -2.12. The molecule has 0 radical (unpaired) electrons. The molecule has 0 saturated carbocycles. The SMILES string of the molecule is NCC(=O)Nc1ccccc1NC(=O)Nc1cccc(Cl)c1. The molecule has 0 aliphatic rings. The fourth-order valence-corrected chi connectivity index (χ4v) is 1.94. The molecule has 114 valence electrons. The van der Waals surface area contributed by atoms with E-state index >= 15 is 0 Å². The van der Waals surface area contributed by atoms with Crippen LogP contribution in [0.3, 0.4) is 0 Å². The molecule has 2 aromatic rings. The molecule has 0 unspecified atom stereocenters. The van der Waals surface area contributed by atoms with Gasteiger partial charge in [-0.25, -0.2) is 4.79 Å². The van der Waals surface area contributed by atoms with E-state index in [4.69, 9.17) is 17.3 Å². The predicted octanol–water partition coefficient (Wildman–Crippen LogP) is 2.88. The molecular weight excluding hydrogens is 304 g/mol. The molecule has 0 aliphatic heterocycles. The Morgan fingerprint density at radius 2 is 1.64 bits per heavy atom. The third-order valence-electron chi connectivity index (χ3n) is 2.72. The van der Waals surface area contributed by atoms with Gasteiger partial charge in [0.15, 0.2) is 0 Å². The molecule has 2 rings (SSSR count). The summed E-state index contributed by atoms with van der Waals surface area (Å²) >= 11 is 5.86. The molecule has 0 aliphatic carbocycles. The zero-order valence-electron chi connectivity index (χ0n) is 11.6. The number of benzene rings is 2. The van der Waals surface area contributed by atoms with Crippen molar-refractivity contribution in [2.75, 3.05) is 22.5 Å².